The Bertz CT molecular complexity index is 755. The highest BCUT2D eigenvalue weighted by molar-refractivity contribution is 9.10. The lowest BCUT2D eigenvalue weighted by atomic mass is 10.0. The number of nitrogens with two attached hydrogens (primary N) is 1. The highest BCUT2D eigenvalue weighted by Gasteiger charge is 2.11. The predicted molar refractivity (Wildman–Crippen MR) is 93.5 cm³/mol. The normalized spacial score (nSPS) is 12.5. The molecule has 0 aliphatic rings. The van der Waals surface area contributed by atoms with E-state index in [-0.39, 0.29) is 6.04 Å². The van der Waals surface area contributed by atoms with Gasteiger partial charge < -0.3 is 5.73 Å². The quantitative estimate of drug-likeness (QED) is 0.681. The Morgan fingerprint density at radius 1 is 1.10 bits per heavy atom. The average molecular weight is 359 g/mol. The van der Waals surface area contributed by atoms with Gasteiger partial charge in [-0.3, -0.25) is 4.98 Å². The van der Waals surface area contributed by atoms with Crippen LogP contribution in [0.4, 0.5) is 0 Å². The average Bonchev–Trinajstić information content (AvgIpc) is 2.53. The standard InChI is InChI=1S/C17H15BrN2S/c18-15-6-1-2-7-17(15)21-11-16(19)13-5-3-4-12-8-9-20-10-14(12)13/h1-10,16H,11,19H2. The molecule has 0 fully saturated rings. The number of hydrogen-bond acceptors (Lipinski definition) is 3. The van der Waals surface area contributed by atoms with Crippen molar-refractivity contribution in [3.8, 4) is 0 Å². The van der Waals surface area contributed by atoms with Gasteiger partial charge in [0.25, 0.3) is 0 Å². The van der Waals surface area contributed by atoms with E-state index in [2.05, 4.69) is 51.2 Å². The second kappa shape index (κ2) is 6.60. The van der Waals surface area contributed by atoms with Gasteiger partial charge in [-0.25, -0.2) is 0 Å². The Balaban J connectivity index is 1.81. The van der Waals surface area contributed by atoms with E-state index < -0.39 is 0 Å². The number of thioether (sulfide) groups is 1. The summed E-state index contributed by atoms with van der Waals surface area (Å²) in [7, 11) is 0. The lowest BCUT2D eigenvalue weighted by molar-refractivity contribution is 0.839. The first-order chi connectivity index (χ1) is 10.3. The second-order valence-electron chi connectivity index (χ2n) is 4.79. The van der Waals surface area contributed by atoms with E-state index in [1.165, 1.54) is 10.3 Å². The topological polar surface area (TPSA) is 38.9 Å². The third kappa shape index (κ3) is 3.28. The minimum Gasteiger partial charge on any atom is -0.323 e. The molecule has 0 saturated carbocycles. The van der Waals surface area contributed by atoms with Crippen molar-refractivity contribution >= 4 is 38.5 Å². The summed E-state index contributed by atoms with van der Waals surface area (Å²) in [6, 6.07) is 16.5. The summed E-state index contributed by atoms with van der Waals surface area (Å²) in [6.45, 7) is 0. The molecule has 1 aromatic heterocycles. The van der Waals surface area contributed by atoms with Gasteiger partial charge in [0.1, 0.15) is 0 Å². The maximum Gasteiger partial charge on any atom is 0.0397 e. The van der Waals surface area contributed by atoms with Crippen LogP contribution in [0.25, 0.3) is 10.8 Å². The number of pyridine rings is 1. The fraction of sp³-hybridized carbons (Fsp3) is 0.118. The highest BCUT2D eigenvalue weighted by atomic mass is 79.9. The molecule has 2 aromatic carbocycles. The van der Waals surface area contributed by atoms with Crippen molar-refractivity contribution in [2.45, 2.75) is 10.9 Å². The Morgan fingerprint density at radius 3 is 2.81 bits per heavy atom. The fourth-order valence-corrected chi connectivity index (χ4v) is 3.84. The molecule has 1 heterocycles. The Hall–Kier alpha value is -1.36. The third-order valence-electron chi connectivity index (χ3n) is 3.37. The molecule has 0 saturated heterocycles. The molecule has 1 atom stereocenters. The van der Waals surface area contributed by atoms with Crippen LogP contribution in [0.2, 0.25) is 0 Å². The van der Waals surface area contributed by atoms with Crippen LogP contribution >= 0.6 is 27.7 Å². The molecule has 3 aromatic rings. The van der Waals surface area contributed by atoms with Gasteiger partial charge in [-0.15, -0.1) is 11.8 Å². The summed E-state index contributed by atoms with van der Waals surface area (Å²) in [5.41, 5.74) is 7.55. The SMILES string of the molecule is NC(CSc1ccccc1Br)c1cccc2ccncc12. The highest BCUT2D eigenvalue weighted by Crippen LogP contribution is 2.31. The van der Waals surface area contributed by atoms with E-state index in [9.17, 15) is 0 Å². The molecule has 0 radical (unpaired) electrons. The molecule has 0 amide bonds. The van der Waals surface area contributed by atoms with Gasteiger partial charge in [0, 0.05) is 38.9 Å². The minimum atomic E-state index is -0.0185. The smallest absolute Gasteiger partial charge is 0.0397 e. The molecular weight excluding hydrogens is 344 g/mol. The second-order valence-corrected chi connectivity index (χ2v) is 6.71. The van der Waals surface area contributed by atoms with E-state index in [4.69, 9.17) is 5.73 Å². The molecular formula is C17H15BrN2S. The van der Waals surface area contributed by atoms with E-state index in [0.717, 1.165) is 21.2 Å². The number of benzene rings is 2. The van der Waals surface area contributed by atoms with E-state index in [1.54, 1.807) is 11.8 Å². The summed E-state index contributed by atoms with van der Waals surface area (Å²) >= 11 is 5.34. The van der Waals surface area contributed by atoms with E-state index in [0.29, 0.717) is 0 Å². The first-order valence-electron chi connectivity index (χ1n) is 6.71. The minimum absolute atomic E-state index is 0.0185. The van der Waals surface area contributed by atoms with Crippen molar-refractivity contribution in [1.82, 2.24) is 4.98 Å². The van der Waals surface area contributed by atoms with Crippen molar-refractivity contribution in [3.63, 3.8) is 0 Å². The van der Waals surface area contributed by atoms with E-state index >= 15 is 0 Å². The molecule has 0 aliphatic carbocycles. The monoisotopic (exact) mass is 358 g/mol. The van der Waals surface area contributed by atoms with E-state index in [1.807, 2.05) is 30.6 Å². The largest absolute Gasteiger partial charge is 0.323 e. The van der Waals surface area contributed by atoms with Crippen molar-refractivity contribution in [3.05, 3.63) is 71.0 Å². The maximum absolute atomic E-state index is 6.40. The molecule has 0 aliphatic heterocycles. The fourth-order valence-electron chi connectivity index (χ4n) is 2.29. The van der Waals surface area contributed by atoms with Crippen molar-refractivity contribution in [1.29, 1.82) is 0 Å². The van der Waals surface area contributed by atoms with Crippen LogP contribution in [0.5, 0.6) is 0 Å². The van der Waals surface area contributed by atoms with Crippen LogP contribution in [0.1, 0.15) is 11.6 Å². The lowest BCUT2D eigenvalue weighted by Gasteiger charge is -2.14. The zero-order valence-corrected chi connectivity index (χ0v) is 13.8. The number of halogens is 1. The number of aromatic nitrogens is 1. The zero-order chi connectivity index (χ0) is 14.7. The van der Waals surface area contributed by atoms with Gasteiger partial charge in [-0.05, 0) is 45.1 Å². The van der Waals surface area contributed by atoms with Crippen LogP contribution in [0, 0.1) is 0 Å². The number of fused-ring (bicyclic) bond motifs is 1. The molecule has 3 rings (SSSR count). The number of hydrogen-bond donors (Lipinski definition) is 1. The van der Waals surface area contributed by atoms with Crippen LogP contribution in [-0.2, 0) is 0 Å². The summed E-state index contributed by atoms with van der Waals surface area (Å²) in [5, 5.41) is 2.32. The predicted octanol–water partition coefficient (Wildman–Crippen LogP) is 4.79. The zero-order valence-electron chi connectivity index (χ0n) is 11.4. The first-order valence-corrected chi connectivity index (χ1v) is 8.49. The van der Waals surface area contributed by atoms with Gasteiger partial charge in [-0.2, -0.15) is 0 Å². The van der Waals surface area contributed by atoms with Crippen LogP contribution < -0.4 is 5.73 Å². The molecule has 0 bridgehead atoms. The molecule has 21 heavy (non-hydrogen) atoms. The van der Waals surface area contributed by atoms with Gasteiger partial charge in [0.05, 0.1) is 0 Å². The van der Waals surface area contributed by atoms with Gasteiger partial charge in [0.2, 0.25) is 0 Å². The van der Waals surface area contributed by atoms with Gasteiger partial charge >= 0.3 is 0 Å². The summed E-state index contributed by atoms with van der Waals surface area (Å²) in [5.74, 6) is 0.830. The van der Waals surface area contributed by atoms with Crippen molar-refractivity contribution < 1.29 is 0 Å². The Morgan fingerprint density at radius 2 is 1.95 bits per heavy atom. The molecule has 1 unspecified atom stereocenters. The number of rotatable bonds is 4. The summed E-state index contributed by atoms with van der Waals surface area (Å²) in [4.78, 5) is 5.43. The molecule has 106 valence electrons. The maximum atomic E-state index is 6.40. The first kappa shape index (κ1) is 14.6. The summed E-state index contributed by atoms with van der Waals surface area (Å²) < 4.78 is 1.11. The summed E-state index contributed by atoms with van der Waals surface area (Å²) in [6.07, 6.45) is 3.71. The van der Waals surface area contributed by atoms with Crippen LogP contribution in [-0.4, -0.2) is 10.7 Å². The molecule has 0 spiro atoms. The molecule has 2 nitrogen and oxygen atoms in total. The van der Waals surface area contributed by atoms with Crippen LogP contribution in [0.3, 0.4) is 0 Å². The lowest BCUT2D eigenvalue weighted by Crippen LogP contribution is -2.13. The van der Waals surface area contributed by atoms with Crippen molar-refractivity contribution in [2.24, 2.45) is 5.73 Å². The van der Waals surface area contributed by atoms with Crippen LogP contribution in [0.15, 0.2) is 70.3 Å². The Kier molecular flexibility index (Phi) is 4.58. The molecule has 4 heteroatoms. The van der Waals surface area contributed by atoms with Gasteiger partial charge in [0.15, 0.2) is 0 Å². The molecule has 2 N–H and O–H groups in total. The Labute approximate surface area is 136 Å². The third-order valence-corrected chi connectivity index (χ3v) is 5.52. The van der Waals surface area contributed by atoms with Crippen molar-refractivity contribution in [2.75, 3.05) is 5.75 Å². The number of nitrogens with zero attached hydrogens (tertiary/aromatic N) is 1. The van der Waals surface area contributed by atoms with Gasteiger partial charge in [-0.1, -0.05) is 30.3 Å².